The van der Waals surface area contributed by atoms with E-state index in [0.717, 1.165) is 16.9 Å². The van der Waals surface area contributed by atoms with E-state index < -0.39 is 15.6 Å². The lowest BCUT2D eigenvalue weighted by atomic mass is 9.89. The van der Waals surface area contributed by atoms with Gasteiger partial charge in [0.15, 0.2) is 0 Å². The van der Waals surface area contributed by atoms with Gasteiger partial charge in [-0.3, -0.25) is 4.79 Å². The van der Waals surface area contributed by atoms with Crippen LogP contribution in [0.15, 0.2) is 18.2 Å². The van der Waals surface area contributed by atoms with E-state index in [4.69, 9.17) is 10.5 Å². The van der Waals surface area contributed by atoms with E-state index in [-0.39, 0.29) is 24.1 Å². The summed E-state index contributed by atoms with van der Waals surface area (Å²) in [4.78, 5) is 11.0. The average molecular weight is 383 g/mol. The first-order valence-electron chi connectivity index (χ1n) is 9.13. The number of carbonyl (C=O) groups is 1. The summed E-state index contributed by atoms with van der Waals surface area (Å²) in [5.41, 5.74) is 6.72. The Morgan fingerprint density at radius 3 is 2.65 bits per heavy atom. The summed E-state index contributed by atoms with van der Waals surface area (Å²) in [6, 6.07) is 5.63. The number of aryl methyl sites for hydroxylation is 1. The Hall–Kier alpha value is -1.60. The molecule has 0 aliphatic carbocycles. The van der Waals surface area contributed by atoms with Crippen LogP contribution in [-0.2, 0) is 14.8 Å². The molecule has 0 saturated heterocycles. The molecule has 1 aromatic rings. The van der Waals surface area contributed by atoms with Gasteiger partial charge in [-0.15, -0.1) is 0 Å². The number of sulfonamides is 1. The van der Waals surface area contributed by atoms with Crippen molar-refractivity contribution in [2.75, 3.05) is 12.3 Å². The van der Waals surface area contributed by atoms with Crippen LogP contribution in [0.4, 0.5) is 0 Å². The quantitative estimate of drug-likeness (QED) is 0.700. The van der Waals surface area contributed by atoms with Crippen molar-refractivity contribution in [2.45, 2.75) is 65.0 Å². The minimum atomic E-state index is -3.40. The van der Waals surface area contributed by atoms with Crippen LogP contribution in [0.3, 0.4) is 0 Å². The second-order valence-corrected chi connectivity index (χ2v) is 9.77. The number of benzene rings is 1. The standard InChI is InChI=1S/C19H30N2O4S/c1-5-26(23,24)21(11-7-6-8-18(20)22)16-13-19(3,4)25-17-10-9-14(2)12-15(16)17/h9-10,12,16H,5-8,11,13H2,1-4H3,(H2,20,22). The van der Waals surface area contributed by atoms with E-state index >= 15 is 0 Å². The summed E-state index contributed by atoms with van der Waals surface area (Å²) in [5, 5.41) is 0. The predicted molar refractivity (Wildman–Crippen MR) is 102 cm³/mol. The molecule has 2 rings (SSSR count). The monoisotopic (exact) mass is 382 g/mol. The van der Waals surface area contributed by atoms with Crippen molar-refractivity contribution < 1.29 is 17.9 Å². The smallest absolute Gasteiger partial charge is 0.217 e. The van der Waals surface area contributed by atoms with Crippen LogP contribution >= 0.6 is 0 Å². The fourth-order valence-electron chi connectivity index (χ4n) is 3.41. The van der Waals surface area contributed by atoms with Crippen molar-refractivity contribution in [2.24, 2.45) is 5.73 Å². The van der Waals surface area contributed by atoms with Crippen molar-refractivity contribution >= 4 is 15.9 Å². The van der Waals surface area contributed by atoms with Crippen LogP contribution in [-0.4, -0.2) is 36.5 Å². The Bertz CT molecular complexity index is 759. The highest BCUT2D eigenvalue weighted by Gasteiger charge is 2.40. The minimum Gasteiger partial charge on any atom is -0.487 e. The second-order valence-electron chi connectivity index (χ2n) is 7.56. The molecule has 1 aliphatic heterocycles. The molecule has 0 bridgehead atoms. The molecule has 1 heterocycles. The van der Waals surface area contributed by atoms with Gasteiger partial charge in [-0.25, -0.2) is 8.42 Å². The first kappa shape index (κ1) is 20.7. The number of nitrogens with zero attached hydrogens (tertiary/aromatic N) is 1. The zero-order chi connectivity index (χ0) is 19.5. The molecule has 1 aromatic carbocycles. The van der Waals surface area contributed by atoms with Crippen molar-refractivity contribution in [1.82, 2.24) is 4.31 Å². The lowest BCUT2D eigenvalue weighted by molar-refractivity contribution is -0.118. The van der Waals surface area contributed by atoms with Crippen molar-refractivity contribution in [3.05, 3.63) is 29.3 Å². The molecule has 0 spiro atoms. The third-order valence-electron chi connectivity index (χ3n) is 4.72. The summed E-state index contributed by atoms with van der Waals surface area (Å²) in [5.74, 6) is 0.426. The van der Waals surface area contributed by atoms with Gasteiger partial charge in [-0.05, 0) is 46.6 Å². The number of rotatable bonds is 8. The molecule has 0 saturated carbocycles. The van der Waals surface area contributed by atoms with Crippen LogP contribution in [0.25, 0.3) is 0 Å². The lowest BCUT2D eigenvalue weighted by Gasteiger charge is -2.42. The number of hydrogen-bond acceptors (Lipinski definition) is 4. The van der Waals surface area contributed by atoms with Gasteiger partial charge in [0.05, 0.1) is 11.8 Å². The Kier molecular flexibility index (Phi) is 6.34. The highest BCUT2D eigenvalue weighted by molar-refractivity contribution is 7.89. The molecular formula is C19H30N2O4S. The number of unbranched alkanes of at least 4 members (excludes halogenated alkanes) is 1. The maximum Gasteiger partial charge on any atom is 0.217 e. The minimum absolute atomic E-state index is 0.0434. The van der Waals surface area contributed by atoms with E-state index in [1.807, 2.05) is 39.0 Å². The number of hydrogen-bond donors (Lipinski definition) is 1. The number of nitrogens with two attached hydrogens (primary N) is 1. The molecule has 0 radical (unpaired) electrons. The average Bonchev–Trinajstić information content (AvgIpc) is 2.53. The molecule has 0 aromatic heterocycles. The largest absolute Gasteiger partial charge is 0.487 e. The highest BCUT2D eigenvalue weighted by atomic mass is 32.2. The van der Waals surface area contributed by atoms with Gasteiger partial charge >= 0.3 is 0 Å². The molecule has 26 heavy (non-hydrogen) atoms. The van der Waals surface area contributed by atoms with Crippen LogP contribution in [0, 0.1) is 6.92 Å². The molecule has 6 nitrogen and oxygen atoms in total. The molecule has 0 fully saturated rings. The zero-order valence-electron chi connectivity index (χ0n) is 16.1. The normalized spacial score (nSPS) is 19.0. The fraction of sp³-hybridized carbons (Fsp3) is 0.632. The lowest BCUT2D eigenvalue weighted by Crippen LogP contribution is -2.44. The Morgan fingerprint density at radius 1 is 1.35 bits per heavy atom. The predicted octanol–water partition coefficient (Wildman–Crippen LogP) is 2.90. The Morgan fingerprint density at radius 2 is 2.04 bits per heavy atom. The van der Waals surface area contributed by atoms with Gasteiger partial charge in [0.25, 0.3) is 0 Å². The summed E-state index contributed by atoms with van der Waals surface area (Å²) in [6.45, 7) is 7.98. The van der Waals surface area contributed by atoms with Gasteiger partial charge in [0, 0.05) is 24.9 Å². The van der Waals surface area contributed by atoms with E-state index in [1.54, 1.807) is 11.2 Å². The number of ether oxygens (including phenoxy) is 1. The van der Waals surface area contributed by atoms with Gasteiger partial charge < -0.3 is 10.5 Å². The van der Waals surface area contributed by atoms with Crippen molar-refractivity contribution in [3.63, 3.8) is 0 Å². The highest BCUT2D eigenvalue weighted by Crippen LogP contribution is 2.44. The molecular weight excluding hydrogens is 352 g/mol. The van der Waals surface area contributed by atoms with Crippen LogP contribution in [0.5, 0.6) is 5.75 Å². The molecule has 146 valence electrons. The molecule has 7 heteroatoms. The number of carbonyl (C=O) groups excluding carboxylic acids is 1. The summed E-state index contributed by atoms with van der Waals surface area (Å²) < 4.78 is 33.3. The fourth-order valence-corrected chi connectivity index (χ4v) is 4.73. The Labute approximate surface area is 156 Å². The van der Waals surface area contributed by atoms with Crippen LogP contribution < -0.4 is 10.5 Å². The maximum absolute atomic E-state index is 12.8. The number of amides is 1. The third-order valence-corrected chi connectivity index (χ3v) is 6.60. The summed E-state index contributed by atoms with van der Waals surface area (Å²) >= 11 is 0. The van der Waals surface area contributed by atoms with E-state index in [2.05, 4.69) is 0 Å². The van der Waals surface area contributed by atoms with E-state index in [0.29, 0.717) is 25.8 Å². The van der Waals surface area contributed by atoms with Crippen LogP contribution in [0.1, 0.15) is 63.6 Å². The van der Waals surface area contributed by atoms with Gasteiger partial charge in [0.2, 0.25) is 15.9 Å². The maximum atomic E-state index is 12.8. The first-order valence-corrected chi connectivity index (χ1v) is 10.7. The van der Waals surface area contributed by atoms with Gasteiger partial charge in [-0.2, -0.15) is 4.31 Å². The number of fused-ring (bicyclic) bond motifs is 1. The summed E-state index contributed by atoms with van der Waals surface area (Å²) in [6.07, 6.45) is 2.03. The SMILES string of the molecule is CCS(=O)(=O)N(CCCCC(N)=O)C1CC(C)(C)Oc2ccc(C)cc21. The van der Waals surface area contributed by atoms with Crippen molar-refractivity contribution in [1.29, 1.82) is 0 Å². The topological polar surface area (TPSA) is 89.7 Å². The van der Waals surface area contributed by atoms with Gasteiger partial charge in [0.1, 0.15) is 11.4 Å². The first-order chi connectivity index (χ1) is 12.1. The molecule has 1 aliphatic rings. The van der Waals surface area contributed by atoms with Gasteiger partial charge in [-0.1, -0.05) is 17.7 Å². The second kappa shape index (κ2) is 7.96. The van der Waals surface area contributed by atoms with E-state index in [1.165, 1.54) is 0 Å². The molecule has 1 atom stereocenters. The van der Waals surface area contributed by atoms with E-state index in [9.17, 15) is 13.2 Å². The van der Waals surface area contributed by atoms with Crippen molar-refractivity contribution in [3.8, 4) is 5.75 Å². The van der Waals surface area contributed by atoms with Crippen LogP contribution in [0.2, 0.25) is 0 Å². The zero-order valence-corrected chi connectivity index (χ0v) is 16.9. The third kappa shape index (κ3) is 4.98. The molecule has 2 N–H and O–H groups in total. The molecule has 1 unspecified atom stereocenters. The number of primary amides is 1. The summed E-state index contributed by atoms with van der Waals surface area (Å²) in [7, 11) is -3.40. The Balaban J connectivity index is 2.37. The molecule has 1 amide bonds.